The van der Waals surface area contributed by atoms with Crippen LogP contribution in [0, 0.1) is 10.8 Å². The van der Waals surface area contributed by atoms with Crippen LogP contribution in [0.15, 0.2) is 24.3 Å². The van der Waals surface area contributed by atoms with Crippen LogP contribution >= 0.6 is 0 Å². The highest BCUT2D eigenvalue weighted by Gasteiger charge is 2.64. The first kappa shape index (κ1) is 13.6. The molecule has 0 aliphatic heterocycles. The van der Waals surface area contributed by atoms with Crippen LogP contribution in [0.25, 0.3) is 0 Å². The molecule has 1 aromatic rings. The summed E-state index contributed by atoms with van der Waals surface area (Å²) in [6.07, 6.45) is 0. The molecule has 0 saturated heterocycles. The molecule has 1 N–H and O–H groups in total. The van der Waals surface area contributed by atoms with Crippen molar-refractivity contribution in [2.45, 2.75) is 60.0 Å². The van der Waals surface area contributed by atoms with Gasteiger partial charge < -0.3 is 5.32 Å². The lowest BCUT2D eigenvalue weighted by Crippen LogP contribution is -2.21. The summed E-state index contributed by atoms with van der Waals surface area (Å²) in [5.41, 5.74) is 3.65. The fraction of sp³-hybridized carbons (Fsp3) is 0.647. The SMILES string of the molecule is CC(C)c1ccc(CNC2C(C)(C)C2(C)C)cc1. The van der Waals surface area contributed by atoms with Gasteiger partial charge in [-0.05, 0) is 27.9 Å². The minimum absolute atomic E-state index is 0.422. The van der Waals surface area contributed by atoms with Crippen LogP contribution in [0.3, 0.4) is 0 Å². The summed E-state index contributed by atoms with van der Waals surface area (Å²) in [7, 11) is 0. The molecule has 1 aromatic carbocycles. The number of hydrogen-bond donors (Lipinski definition) is 1. The molecule has 100 valence electrons. The number of rotatable bonds is 4. The van der Waals surface area contributed by atoms with E-state index in [1.807, 2.05) is 0 Å². The van der Waals surface area contributed by atoms with Gasteiger partial charge in [0.05, 0.1) is 0 Å². The Morgan fingerprint density at radius 1 is 1.00 bits per heavy atom. The topological polar surface area (TPSA) is 12.0 Å². The zero-order valence-corrected chi connectivity index (χ0v) is 12.7. The van der Waals surface area contributed by atoms with Crippen molar-refractivity contribution in [3.8, 4) is 0 Å². The molecule has 0 unspecified atom stereocenters. The molecule has 0 radical (unpaired) electrons. The van der Waals surface area contributed by atoms with Crippen LogP contribution in [-0.2, 0) is 6.54 Å². The van der Waals surface area contributed by atoms with Crippen molar-refractivity contribution in [2.24, 2.45) is 10.8 Å². The summed E-state index contributed by atoms with van der Waals surface area (Å²) in [4.78, 5) is 0. The van der Waals surface area contributed by atoms with Crippen LogP contribution in [-0.4, -0.2) is 6.04 Å². The Hall–Kier alpha value is -0.820. The summed E-state index contributed by atoms with van der Waals surface area (Å²) < 4.78 is 0. The monoisotopic (exact) mass is 245 g/mol. The Labute approximate surface area is 112 Å². The number of hydrogen-bond acceptors (Lipinski definition) is 1. The summed E-state index contributed by atoms with van der Waals surface area (Å²) >= 11 is 0. The van der Waals surface area contributed by atoms with Crippen molar-refractivity contribution in [2.75, 3.05) is 0 Å². The van der Waals surface area contributed by atoms with Gasteiger partial charge in [0.25, 0.3) is 0 Å². The predicted octanol–water partition coefficient (Wildman–Crippen LogP) is 4.33. The van der Waals surface area contributed by atoms with Crippen LogP contribution in [0.1, 0.15) is 58.6 Å². The molecule has 0 atom stereocenters. The third-order valence-electron chi connectivity index (χ3n) is 5.18. The Balaban J connectivity index is 1.92. The quantitative estimate of drug-likeness (QED) is 0.832. The molecule has 0 amide bonds. The fourth-order valence-corrected chi connectivity index (χ4v) is 2.95. The van der Waals surface area contributed by atoms with Gasteiger partial charge in [0.15, 0.2) is 0 Å². The Kier molecular flexibility index (Phi) is 3.31. The molecule has 0 bridgehead atoms. The molecule has 0 spiro atoms. The molecule has 1 aliphatic rings. The highest BCUT2D eigenvalue weighted by molar-refractivity contribution is 5.25. The fourth-order valence-electron chi connectivity index (χ4n) is 2.95. The standard InChI is InChI=1S/C17H27N/c1-12(2)14-9-7-13(8-10-14)11-18-15-16(3,4)17(15,5)6/h7-10,12,15,18H,11H2,1-6H3. The zero-order chi connectivity index (χ0) is 13.6. The Bertz CT molecular complexity index is 398. The van der Waals surface area contributed by atoms with Gasteiger partial charge in [0.1, 0.15) is 0 Å². The first-order chi connectivity index (χ1) is 8.26. The first-order valence-corrected chi connectivity index (χ1v) is 7.09. The van der Waals surface area contributed by atoms with E-state index >= 15 is 0 Å². The van der Waals surface area contributed by atoms with Gasteiger partial charge in [0, 0.05) is 12.6 Å². The maximum Gasteiger partial charge on any atom is 0.0208 e. The van der Waals surface area contributed by atoms with Crippen molar-refractivity contribution >= 4 is 0 Å². The summed E-state index contributed by atoms with van der Waals surface area (Å²) in [5, 5.41) is 3.70. The van der Waals surface area contributed by atoms with Crippen molar-refractivity contribution in [1.82, 2.24) is 5.32 Å². The molecule has 1 fully saturated rings. The van der Waals surface area contributed by atoms with E-state index in [9.17, 15) is 0 Å². The molecule has 1 heteroatoms. The third-order valence-corrected chi connectivity index (χ3v) is 5.18. The predicted molar refractivity (Wildman–Crippen MR) is 78.7 cm³/mol. The van der Waals surface area contributed by atoms with E-state index in [2.05, 4.69) is 71.1 Å². The van der Waals surface area contributed by atoms with E-state index in [-0.39, 0.29) is 0 Å². The van der Waals surface area contributed by atoms with E-state index in [0.29, 0.717) is 22.8 Å². The van der Waals surface area contributed by atoms with Crippen LogP contribution in [0.2, 0.25) is 0 Å². The molecule has 0 heterocycles. The number of benzene rings is 1. The molecule has 1 saturated carbocycles. The van der Waals surface area contributed by atoms with Crippen molar-refractivity contribution in [3.63, 3.8) is 0 Å². The van der Waals surface area contributed by atoms with E-state index in [1.54, 1.807) is 0 Å². The molecule has 2 rings (SSSR count). The molecule has 1 aliphatic carbocycles. The molecule has 0 aromatic heterocycles. The van der Waals surface area contributed by atoms with Crippen molar-refractivity contribution < 1.29 is 0 Å². The largest absolute Gasteiger partial charge is 0.309 e. The molecular weight excluding hydrogens is 218 g/mol. The second-order valence-corrected chi connectivity index (χ2v) is 7.15. The molecular formula is C17H27N. The lowest BCUT2D eigenvalue weighted by molar-refractivity contribution is 0.457. The number of nitrogens with one attached hydrogen (secondary N) is 1. The Morgan fingerprint density at radius 3 is 1.89 bits per heavy atom. The normalized spacial score (nSPS) is 21.3. The summed E-state index contributed by atoms with van der Waals surface area (Å²) in [5.74, 6) is 0.619. The van der Waals surface area contributed by atoms with E-state index < -0.39 is 0 Å². The second kappa shape index (κ2) is 4.38. The highest BCUT2D eigenvalue weighted by Crippen LogP contribution is 2.62. The maximum atomic E-state index is 3.70. The lowest BCUT2D eigenvalue weighted by Gasteiger charge is -2.09. The van der Waals surface area contributed by atoms with Gasteiger partial charge in [-0.3, -0.25) is 0 Å². The summed E-state index contributed by atoms with van der Waals surface area (Å²) in [6, 6.07) is 9.65. The third kappa shape index (κ3) is 2.21. The van der Waals surface area contributed by atoms with Crippen LogP contribution < -0.4 is 5.32 Å². The van der Waals surface area contributed by atoms with E-state index in [4.69, 9.17) is 0 Å². The van der Waals surface area contributed by atoms with Crippen LogP contribution in [0.5, 0.6) is 0 Å². The minimum atomic E-state index is 0.422. The average Bonchev–Trinajstić information content (AvgIpc) is 2.67. The average molecular weight is 245 g/mol. The highest BCUT2D eigenvalue weighted by atomic mass is 15.0. The van der Waals surface area contributed by atoms with Gasteiger partial charge in [-0.25, -0.2) is 0 Å². The molecule has 1 nitrogen and oxygen atoms in total. The van der Waals surface area contributed by atoms with Gasteiger partial charge in [0.2, 0.25) is 0 Å². The lowest BCUT2D eigenvalue weighted by atomic mass is 10.0. The van der Waals surface area contributed by atoms with Gasteiger partial charge >= 0.3 is 0 Å². The van der Waals surface area contributed by atoms with Gasteiger partial charge in [-0.1, -0.05) is 65.8 Å². The maximum absolute atomic E-state index is 3.70. The van der Waals surface area contributed by atoms with Crippen LogP contribution in [0.4, 0.5) is 0 Å². The first-order valence-electron chi connectivity index (χ1n) is 7.09. The molecule has 18 heavy (non-hydrogen) atoms. The van der Waals surface area contributed by atoms with Gasteiger partial charge in [-0.15, -0.1) is 0 Å². The van der Waals surface area contributed by atoms with Gasteiger partial charge in [-0.2, -0.15) is 0 Å². The summed E-state index contributed by atoms with van der Waals surface area (Å²) in [6.45, 7) is 14.9. The minimum Gasteiger partial charge on any atom is -0.309 e. The van der Waals surface area contributed by atoms with Crippen molar-refractivity contribution in [1.29, 1.82) is 0 Å². The zero-order valence-electron chi connectivity index (χ0n) is 12.7. The second-order valence-electron chi connectivity index (χ2n) is 7.15. The van der Waals surface area contributed by atoms with E-state index in [0.717, 1.165) is 6.54 Å². The van der Waals surface area contributed by atoms with Crippen molar-refractivity contribution in [3.05, 3.63) is 35.4 Å². The smallest absolute Gasteiger partial charge is 0.0208 e. The van der Waals surface area contributed by atoms with E-state index in [1.165, 1.54) is 11.1 Å². The Morgan fingerprint density at radius 2 is 1.50 bits per heavy atom.